The topological polar surface area (TPSA) is 69.7 Å². The van der Waals surface area contributed by atoms with Crippen LogP contribution in [0.15, 0.2) is 60.2 Å². The van der Waals surface area contributed by atoms with E-state index in [-0.39, 0.29) is 36.4 Å². The molecule has 1 aromatic rings. The van der Waals surface area contributed by atoms with Gasteiger partial charge in [-0.1, -0.05) is 67.4 Å². The first-order valence-electron chi connectivity index (χ1n) is 13.2. The van der Waals surface area contributed by atoms with Crippen molar-refractivity contribution in [3.63, 3.8) is 0 Å². The summed E-state index contributed by atoms with van der Waals surface area (Å²) in [5, 5.41) is 1.34. The Morgan fingerprint density at radius 2 is 1.97 bits per heavy atom. The molecule has 1 saturated carbocycles. The van der Waals surface area contributed by atoms with Crippen molar-refractivity contribution < 1.29 is 13.2 Å². The third-order valence-electron chi connectivity index (χ3n) is 8.49. The third kappa shape index (κ3) is 5.92. The summed E-state index contributed by atoms with van der Waals surface area (Å²) in [7, 11) is -0.652. The molecule has 3 aliphatic rings. The molecule has 38 heavy (non-hydrogen) atoms. The van der Waals surface area contributed by atoms with E-state index in [0.717, 1.165) is 18.4 Å². The van der Waals surface area contributed by atoms with Crippen LogP contribution in [0.25, 0.3) is 0 Å². The number of piperidine rings is 1. The van der Waals surface area contributed by atoms with Crippen molar-refractivity contribution in [1.29, 1.82) is 0 Å². The third-order valence-corrected chi connectivity index (χ3v) is 10.5. The predicted octanol–water partition coefficient (Wildman–Crippen LogP) is 5.87. The van der Waals surface area contributed by atoms with Gasteiger partial charge >= 0.3 is 0 Å². The Morgan fingerprint density at radius 3 is 2.53 bits per heavy atom. The first-order valence-corrected chi connectivity index (χ1v) is 15.4. The van der Waals surface area contributed by atoms with Crippen molar-refractivity contribution in [3.05, 3.63) is 70.8 Å². The molecule has 208 valence electrons. The highest BCUT2D eigenvalue weighted by atomic mass is 35.5. The first kappa shape index (κ1) is 29.3. The van der Waals surface area contributed by atoms with Crippen LogP contribution in [0.3, 0.4) is 0 Å². The minimum Gasteiger partial charge on any atom is -0.333 e. The van der Waals surface area contributed by atoms with Gasteiger partial charge in [-0.25, -0.2) is 4.72 Å². The highest BCUT2D eigenvalue weighted by Gasteiger charge is 2.57. The maximum Gasteiger partial charge on any atom is 0.279 e. The fraction of sp³-hybridized carbons (Fsp3) is 0.552. The van der Waals surface area contributed by atoms with E-state index < -0.39 is 21.0 Å². The molecule has 1 amide bonds. The van der Waals surface area contributed by atoms with Crippen LogP contribution in [-0.4, -0.2) is 56.3 Å². The quantitative estimate of drug-likeness (QED) is 0.352. The Labute approximate surface area is 237 Å². The number of carbonyl (C=O) groups excluding carboxylic acids is 1. The number of benzene rings is 1. The number of nitrogens with zero attached hydrogens (tertiary/aromatic N) is 2. The van der Waals surface area contributed by atoms with E-state index in [1.54, 1.807) is 0 Å². The fourth-order valence-corrected chi connectivity index (χ4v) is 7.19. The predicted molar refractivity (Wildman–Crippen MR) is 155 cm³/mol. The molecule has 0 bridgehead atoms. The summed E-state index contributed by atoms with van der Waals surface area (Å²) in [5.74, 6) is 0.257. The van der Waals surface area contributed by atoms with E-state index in [0.29, 0.717) is 29.3 Å². The summed E-state index contributed by atoms with van der Waals surface area (Å²) in [4.78, 5) is 16.6. The second kappa shape index (κ2) is 11.1. The molecular formula is C29H39Cl2N3O3S. The molecular weight excluding hydrogens is 541 g/mol. The number of hydrogen-bond acceptors (Lipinski definition) is 3. The Bertz CT molecular complexity index is 1240. The number of likely N-dealkylation sites (tertiary alicyclic amines) is 1. The van der Waals surface area contributed by atoms with E-state index in [1.807, 2.05) is 48.3 Å². The average Bonchev–Trinajstić information content (AvgIpc) is 3.69. The van der Waals surface area contributed by atoms with Gasteiger partial charge in [0.15, 0.2) is 0 Å². The van der Waals surface area contributed by atoms with Gasteiger partial charge in [0.2, 0.25) is 5.91 Å². The van der Waals surface area contributed by atoms with Crippen molar-refractivity contribution in [2.45, 2.75) is 64.0 Å². The van der Waals surface area contributed by atoms with E-state index in [4.69, 9.17) is 23.2 Å². The largest absolute Gasteiger partial charge is 0.333 e. The average molecular weight is 581 g/mol. The SMILES string of the molecule is C=CC[C@@]1(C)C[C@H](c2cccc(Cl)c2)[C@@H](C2(C)C=CC(Cl)=CC2)N([C@H](CNS(=O)(=O)N(C)C)C2CC2)C1=O. The number of allylic oxidation sites excluding steroid dienone is 4. The zero-order valence-electron chi connectivity index (χ0n) is 22.7. The zero-order valence-corrected chi connectivity index (χ0v) is 25.0. The molecule has 2 fully saturated rings. The summed E-state index contributed by atoms with van der Waals surface area (Å²) in [5.41, 5.74) is -0.0144. The van der Waals surface area contributed by atoms with E-state index >= 15 is 0 Å². The highest BCUT2D eigenvalue weighted by Crippen LogP contribution is 2.54. The highest BCUT2D eigenvalue weighted by molar-refractivity contribution is 7.87. The van der Waals surface area contributed by atoms with Crippen molar-refractivity contribution in [3.8, 4) is 0 Å². The monoisotopic (exact) mass is 579 g/mol. The molecule has 5 atom stereocenters. The van der Waals surface area contributed by atoms with Gasteiger partial charge in [-0.2, -0.15) is 12.7 Å². The molecule has 0 aromatic heterocycles. The Morgan fingerprint density at radius 1 is 1.26 bits per heavy atom. The normalized spacial score (nSPS) is 30.9. The first-order chi connectivity index (χ1) is 17.8. The molecule has 1 aliphatic heterocycles. The Hall–Kier alpha value is -1.64. The minimum atomic E-state index is -3.66. The van der Waals surface area contributed by atoms with Gasteiger partial charge in [0.1, 0.15) is 0 Å². The van der Waals surface area contributed by atoms with E-state index in [2.05, 4.69) is 30.4 Å². The summed E-state index contributed by atoms with van der Waals surface area (Å²) in [6.07, 6.45) is 11.6. The van der Waals surface area contributed by atoms with Crippen LogP contribution in [0.5, 0.6) is 0 Å². The number of rotatable bonds is 10. The van der Waals surface area contributed by atoms with Crippen molar-refractivity contribution in [1.82, 2.24) is 13.9 Å². The van der Waals surface area contributed by atoms with Gasteiger partial charge in [0.25, 0.3) is 10.2 Å². The van der Waals surface area contributed by atoms with E-state index in [9.17, 15) is 13.2 Å². The van der Waals surface area contributed by atoms with Gasteiger partial charge in [-0.3, -0.25) is 4.79 Å². The van der Waals surface area contributed by atoms with Crippen LogP contribution in [0, 0.1) is 16.7 Å². The van der Waals surface area contributed by atoms with Gasteiger partial charge < -0.3 is 4.90 Å². The molecule has 1 heterocycles. The molecule has 6 nitrogen and oxygen atoms in total. The molecule has 1 unspecified atom stereocenters. The molecule has 1 saturated heterocycles. The van der Waals surface area contributed by atoms with Crippen LogP contribution in [0.1, 0.15) is 57.4 Å². The summed E-state index contributed by atoms with van der Waals surface area (Å²) in [6, 6.07) is 7.41. The lowest BCUT2D eigenvalue weighted by atomic mass is 9.60. The second-order valence-electron chi connectivity index (χ2n) is 11.7. The van der Waals surface area contributed by atoms with Gasteiger partial charge in [0, 0.05) is 54.1 Å². The van der Waals surface area contributed by atoms with Crippen LogP contribution >= 0.6 is 23.2 Å². The minimum absolute atomic E-state index is 0.0250. The number of hydrogen-bond donors (Lipinski definition) is 1. The van der Waals surface area contributed by atoms with Crippen LogP contribution in [-0.2, 0) is 15.0 Å². The summed E-state index contributed by atoms with van der Waals surface area (Å²) >= 11 is 12.8. The van der Waals surface area contributed by atoms with Gasteiger partial charge in [-0.05, 0) is 61.8 Å². The van der Waals surface area contributed by atoms with Gasteiger partial charge in [-0.15, -0.1) is 6.58 Å². The molecule has 4 rings (SSSR count). The molecule has 2 aliphatic carbocycles. The van der Waals surface area contributed by atoms with Crippen molar-refractivity contribution in [2.24, 2.45) is 16.7 Å². The molecule has 0 spiro atoms. The van der Waals surface area contributed by atoms with Crippen LogP contribution in [0.2, 0.25) is 5.02 Å². The van der Waals surface area contributed by atoms with Crippen molar-refractivity contribution in [2.75, 3.05) is 20.6 Å². The Balaban J connectivity index is 1.87. The number of carbonyl (C=O) groups is 1. The smallest absolute Gasteiger partial charge is 0.279 e. The molecule has 1 aromatic carbocycles. The standard InChI is InChI=1S/C29H39Cl2N3O3S/c1-6-14-29(3)18-24(21-8-7-9-23(31)17-21)26(28(2)15-12-22(30)13-16-28)34(27(29)35)25(20-10-11-20)19-32-38(36,37)33(4)5/h6-9,12-13,15,17,20,24-26,32H,1,10-11,14,16,18-19H2,2-5H3/t24-,25-,26+,28?,29+/m1/s1. The summed E-state index contributed by atoms with van der Waals surface area (Å²) < 4.78 is 29.4. The molecule has 9 heteroatoms. The number of amides is 1. The molecule has 1 N–H and O–H groups in total. The van der Waals surface area contributed by atoms with Crippen LogP contribution in [0.4, 0.5) is 0 Å². The summed E-state index contributed by atoms with van der Waals surface area (Å²) in [6.45, 7) is 8.31. The lowest BCUT2D eigenvalue weighted by molar-refractivity contribution is -0.159. The maximum atomic E-state index is 14.6. The Kier molecular flexibility index (Phi) is 8.56. The lowest BCUT2D eigenvalue weighted by Gasteiger charge is -2.57. The maximum absolute atomic E-state index is 14.6. The fourth-order valence-electron chi connectivity index (χ4n) is 6.21. The zero-order chi connectivity index (χ0) is 27.9. The second-order valence-corrected chi connectivity index (χ2v) is 14.6. The van der Waals surface area contributed by atoms with Gasteiger partial charge in [0.05, 0.1) is 5.41 Å². The van der Waals surface area contributed by atoms with Crippen molar-refractivity contribution >= 4 is 39.3 Å². The number of halogens is 2. The number of nitrogens with one attached hydrogen (secondary N) is 1. The van der Waals surface area contributed by atoms with Crippen LogP contribution < -0.4 is 4.72 Å². The van der Waals surface area contributed by atoms with E-state index in [1.165, 1.54) is 18.4 Å². The molecule has 0 radical (unpaired) electrons. The lowest BCUT2D eigenvalue weighted by Crippen LogP contribution is -2.65.